The Labute approximate surface area is 153 Å². The van der Waals surface area contributed by atoms with Crippen LogP contribution in [0.25, 0.3) is 9.69 Å². The van der Waals surface area contributed by atoms with E-state index in [0.29, 0.717) is 11.4 Å². The van der Waals surface area contributed by atoms with Gasteiger partial charge in [-0.1, -0.05) is 24.3 Å². The van der Waals surface area contributed by atoms with Gasteiger partial charge in [-0.15, -0.1) is 0 Å². The number of rotatable bonds is 2. The molecule has 0 aliphatic carbocycles. The van der Waals surface area contributed by atoms with Crippen LogP contribution in [0.5, 0.6) is 11.5 Å². The van der Waals surface area contributed by atoms with Gasteiger partial charge in [-0.2, -0.15) is 0 Å². The van der Waals surface area contributed by atoms with Crippen LogP contribution in [0.2, 0.25) is 0 Å². The first-order chi connectivity index (χ1) is 11.1. The summed E-state index contributed by atoms with van der Waals surface area (Å²) in [6, 6.07) is 14.0. The first-order valence-electron chi connectivity index (χ1n) is 6.00. The fraction of sp³-hybridized carbons (Fsp3) is 0.125. The third-order valence-electron chi connectivity index (χ3n) is 2.40. The Kier molecular flexibility index (Phi) is 12.9. The molecule has 4 nitrogen and oxygen atoms in total. The van der Waals surface area contributed by atoms with Gasteiger partial charge in [0.2, 0.25) is 0 Å². The molecule has 0 amide bonds. The second-order valence-electron chi connectivity index (χ2n) is 3.66. The van der Waals surface area contributed by atoms with Crippen LogP contribution in [0.15, 0.2) is 48.5 Å². The van der Waals surface area contributed by atoms with Crippen molar-refractivity contribution in [1.29, 1.82) is 0 Å². The van der Waals surface area contributed by atoms with Gasteiger partial charge in [-0.05, 0) is 24.3 Å². The van der Waals surface area contributed by atoms with Gasteiger partial charge in [0.05, 0.1) is 27.4 Å². The summed E-state index contributed by atoms with van der Waals surface area (Å²) < 4.78 is 9.82. The van der Waals surface area contributed by atoms with E-state index >= 15 is 0 Å². The summed E-state index contributed by atoms with van der Waals surface area (Å²) in [5.74, 6) is 1.57. The zero-order valence-electron chi connectivity index (χ0n) is 12.4. The topological polar surface area (TPSA) is 27.2 Å². The van der Waals surface area contributed by atoms with Gasteiger partial charge in [0.25, 0.3) is 0 Å². The molecule has 0 saturated heterocycles. The summed E-state index contributed by atoms with van der Waals surface area (Å²) >= 11 is -0.472. The quantitative estimate of drug-likeness (QED) is 0.453. The van der Waals surface area contributed by atoms with E-state index in [9.17, 15) is 0 Å². The molecule has 2 aromatic rings. The molecule has 7 heteroatoms. The zero-order valence-corrected chi connectivity index (χ0v) is 16.2. The van der Waals surface area contributed by atoms with Gasteiger partial charge in [0, 0.05) is 0 Å². The van der Waals surface area contributed by atoms with E-state index in [-0.39, 0.29) is 0 Å². The van der Waals surface area contributed by atoms with E-state index in [1.165, 1.54) is 0 Å². The van der Waals surface area contributed by atoms with Crippen molar-refractivity contribution in [2.24, 2.45) is 0 Å². The normalized spacial score (nSPS) is 8.26. The molecular weight excluding hydrogens is 518 g/mol. The standard InChI is InChI=1S/2C8H7NO.2ClH.Pt/c2*1-9-7-3-5-8(10-2)6-4-7;;;/h2*3-6H,2H3;2*1H;/q;;;;+2/p-2. The molecule has 0 atom stereocenters. The van der Waals surface area contributed by atoms with Gasteiger partial charge in [0.15, 0.2) is 11.4 Å². The monoisotopic (exact) mass is 531 g/mol. The average Bonchev–Trinajstić information content (AvgIpc) is 2.63. The molecule has 0 saturated carbocycles. The van der Waals surface area contributed by atoms with Crippen LogP contribution in [0.3, 0.4) is 0 Å². The Morgan fingerprint density at radius 2 is 1.00 bits per heavy atom. The number of hydrogen-bond donors (Lipinski definition) is 0. The van der Waals surface area contributed by atoms with Crippen LogP contribution < -0.4 is 9.47 Å². The van der Waals surface area contributed by atoms with E-state index in [4.69, 9.17) is 41.5 Å². The maximum atomic E-state index is 6.66. The van der Waals surface area contributed by atoms with Crippen molar-refractivity contribution in [3.8, 4) is 11.5 Å². The first kappa shape index (κ1) is 21.3. The molecule has 0 spiro atoms. The van der Waals surface area contributed by atoms with Crippen molar-refractivity contribution in [2.75, 3.05) is 14.2 Å². The van der Waals surface area contributed by atoms with Crippen molar-refractivity contribution < 1.29 is 26.0 Å². The fourth-order valence-electron chi connectivity index (χ4n) is 1.31. The first-order valence-corrected chi connectivity index (χ1v) is 11.6. The van der Waals surface area contributed by atoms with E-state index in [0.717, 1.165) is 11.5 Å². The molecular formula is C16H14Cl2N2O2Pt. The molecule has 2 aromatic carbocycles. The van der Waals surface area contributed by atoms with Crippen LogP contribution in [0.4, 0.5) is 11.4 Å². The van der Waals surface area contributed by atoms with E-state index in [1.54, 1.807) is 62.8 Å². The van der Waals surface area contributed by atoms with E-state index in [1.807, 2.05) is 0 Å². The molecule has 2 rings (SSSR count). The second kappa shape index (κ2) is 13.9. The molecule has 0 fully saturated rings. The van der Waals surface area contributed by atoms with Crippen molar-refractivity contribution in [1.82, 2.24) is 0 Å². The number of benzene rings is 2. The van der Waals surface area contributed by atoms with Crippen LogP contribution in [-0.4, -0.2) is 14.2 Å². The summed E-state index contributed by atoms with van der Waals surface area (Å²) in [4.78, 5) is 6.48. The summed E-state index contributed by atoms with van der Waals surface area (Å²) in [7, 11) is 13.0. The summed E-state index contributed by atoms with van der Waals surface area (Å²) in [6.07, 6.45) is 0. The molecule has 0 aromatic heterocycles. The van der Waals surface area contributed by atoms with Crippen molar-refractivity contribution in [2.45, 2.75) is 0 Å². The van der Waals surface area contributed by atoms with Gasteiger partial charge >= 0.3 is 35.3 Å². The Hall–Kier alpha value is -1.71. The molecule has 0 aliphatic rings. The van der Waals surface area contributed by atoms with Gasteiger partial charge in [-0.25, -0.2) is 9.69 Å². The van der Waals surface area contributed by atoms with E-state index in [2.05, 4.69) is 9.69 Å². The minimum atomic E-state index is -0.472. The van der Waals surface area contributed by atoms with Gasteiger partial charge in [-0.3, -0.25) is 0 Å². The third kappa shape index (κ3) is 9.82. The Morgan fingerprint density at radius 1 is 0.739 bits per heavy atom. The Bertz CT molecular complexity index is 578. The number of methoxy groups -OCH3 is 2. The predicted molar refractivity (Wildman–Crippen MR) is 90.2 cm³/mol. The maximum absolute atomic E-state index is 6.66. The number of ether oxygens (including phenoxy) is 2. The van der Waals surface area contributed by atoms with Crippen molar-refractivity contribution >= 4 is 30.2 Å². The van der Waals surface area contributed by atoms with E-state index < -0.39 is 16.5 Å². The molecule has 0 heterocycles. The summed E-state index contributed by atoms with van der Waals surface area (Å²) in [5, 5.41) is 0. The SMILES string of the molecule is [C-]#[N+]c1ccc(OC)cc1.[C-]#[N+]c1ccc(OC)cc1.[Cl][Pt][Cl]. The molecule has 124 valence electrons. The number of nitrogens with zero attached hydrogens (tertiary/aromatic N) is 2. The van der Waals surface area contributed by atoms with Crippen LogP contribution in [0, 0.1) is 13.1 Å². The second-order valence-corrected chi connectivity index (χ2v) is 6.95. The van der Waals surface area contributed by atoms with Crippen molar-refractivity contribution in [3.05, 3.63) is 71.4 Å². The minimum absolute atomic E-state index is 0.472. The predicted octanol–water partition coefficient (Wildman–Crippen LogP) is 5.87. The molecule has 0 bridgehead atoms. The Morgan fingerprint density at radius 3 is 1.17 bits per heavy atom. The number of hydrogen-bond acceptors (Lipinski definition) is 2. The Balaban J connectivity index is 0.000000360. The molecule has 0 unspecified atom stereocenters. The average molecular weight is 532 g/mol. The van der Waals surface area contributed by atoms with Crippen molar-refractivity contribution in [3.63, 3.8) is 0 Å². The molecule has 23 heavy (non-hydrogen) atoms. The zero-order chi connectivity index (χ0) is 17.5. The molecule has 0 radical (unpaired) electrons. The van der Waals surface area contributed by atoms with Crippen LogP contribution in [0.1, 0.15) is 0 Å². The van der Waals surface area contributed by atoms with Gasteiger partial charge < -0.3 is 9.47 Å². The van der Waals surface area contributed by atoms with Gasteiger partial charge in [0.1, 0.15) is 11.5 Å². The third-order valence-corrected chi connectivity index (χ3v) is 2.40. The van der Waals surface area contributed by atoms with Crippen LogP contribution >= 0.6 is 18.8 Å². The fourth-order valence-corrected chi connectivity index (χ4v) is 1.31. The number of halogens is 2. The summed E-state index contributed by atoms with van der Waals surface area (Å²) in [5.41, 5.74) is 1.28. The van der Waals surface area contributed by atoms with Crippen LogP contribution in [-0.2, 0) is 16.5 Å². The summed E-state index contributed by atoms with van der Waals surface area (Å²) in [6.45, 7) is 13.3. The molecule has 0 N–H and O–H groups in total. The molecule has 0 aliphatic heterocycles.